The van der Waals surface area contributed by atoms with Crippen molar-refractivity contribution in [2.45, 2.75) is 26.7 Å². The van der Waals surface area contributed by atoms with E-state index in [1.807, 2.05) is 6.92 Å². The molecule has 0 aromatic heterocycles. The van der Waals surface area contributed by atoms with Gasteiger partial charge in [-0.1, -0.05) is 12.1 Å². The Bertz CT molecular complexity index is 942. The number of amides is 2. The standard InChI is InChI=1S/C23H26N2O7/c1-3-30-19-8-6-5-7-18(19)25-21(27)15-32-22(28)14-13-20(26)24-17-11-9-16(10-12-17)23(29)31-4-2/h5-12H,3-4,13-15H2,1-2H3,(H,24,26)(H,25,27). The number of carbonyl (C=O) groups is 4. The van der Waals surface area contributed by atoms with Crippen LogP contribution in [0.4, 0.5) is 11.4 Å². The Balaban J connectivity index is 1.72. The molecule has 2 rings (SSSR count). The summed E-state index contributed by atoms with van der Waals surface area (Å²) < 4.78 is 15.2. The maximum Gasteiger partial charge on any atom is 0.338 e. The number of benzene rings is 2. The minimum absolute atomic E-state index is 0.118. The Labute approximate surface area is 186 Å². The van der Waals surface area contributed by atoms with E-state index in [4.69, 9.17) is 14.2 Å². The zero-order chi connectivity index (χ0) is 23.3. The Morgan fingerprint density at radius 3 is 2.19 bits per heavy atom. The third kappa shape index (κ3) is 8.10. The summed E-state index contributed by atoms with van der Waals surface area (Å²) in [5.41, 5.74) is 1.32. The summed E-state index contributed by atoms with van der Waals surface area (Å²) in [6.45, 7) is 3.78. The van der Waals surface area contributed by atoms with Crippen molar-refractivity contribution in [1.82, 2.24) is 0 Å². The first-order valence-electron chi connectivity index (χ1n) is 10.2. The first-order valence-corrected chi connectivity index (χ1v) is 10.2. The number of nitrogens with one attached hydrogen (secondary N) is 2. The molecule has 0 heterocycles. The topological polar surface area (TPSA) is 120 Å². The first-order chi connectivity index (χ1) is 15.4. The summed E-state index contributed by atoms with van der Waals surface area (Å²) in [7, 11) is 0. The number of hydrogen-bond acceptors (Lipinski definition) is 7. The van der Waals surface area contributed by atoms with Gasteiger partial charge >= 0.3 is 11.9 Å². The van der Waals surface area contributed by atoms with Crippen LogP contribution in [0.25, 0.3) is 0 Å². The molecule has 0 saturated heterocycles. The smallest absolute Gasteiger partial charge is 0.338 e. The second-order valence-electron chi connectivity index (χ2n) is 6.48. The lowest BCUT2D eigenvalue weighted by atomic mass is 10.2. The summed E-state index contributed by atoms with van der Waals surface area (Å²) in [6.07, 6.45) is -0.303. The van der Waals surface area contributed by atoms with Gasteiger partial charge < -0.3 is 24.8 Å². The summed E-state index contributed by atoms with van der Waals surface area (Å²) in [5, 5.41) is 5.23. The molecule has 0 spiro atoms. The predicted octanol–water partition coefficient (Wildman–Crippen LogP) is 3.16. The maximum absolute atomic E-state index is 12.0. The average Bonchev–Trinajstić information content (AvgIpc) is 2.78. The third-order valence-electron chi connectivity index (χ3n) is 4.06. The molecular formula is C23H26N2O7. The zero-order valence-electron chi connectivity index (χ0n) is 18.0. The highest BCUT2D eigenvalue weighted by Gasteiger charge is 2.13. The van der Waals surface area contributed by atoms with Crippen LogP contribution in [0.1, 0.15) is 37.0 Å². The lowest BCUT2D eigenvalue weighted by Gasteiger charge is -2.11. The highest BCUT2D eigenvalue weighted by molar-refractivity contribution is 5.95. The molecule has 2 aromatic carbocycles. The Morgan fingerprint density at radius 1 is 0.781 bits per heavy atom. The van der Waals surface area contributed by atoms with Gasteiger partial charge in [0.05, 0.1) is 30.9 Å². The van der Waals surface area contributed by atoms with Crippen LogP contribution in [0.5, 0.6) is 5.75 Å². The number of carbonyl (C=O) groups excluding carboxylic acids is 4. The van der Waals surface area contributed by atoms with Gasteiger partial charge in [-0.15, -0.1) is 0 Å². The van der Waals surface area contributed by atoms with Gasteiger partial charge in [0.25, 0.3) is 5.91 Å². The summed E-state index contributed by atoms with van der Waals surface area (Å²) in [6, 6.07) is 13.1. The fourth-order valence-electron chi connectivity index (χ4n) is 2.60. The second kappa shape index (κ2) is 12.7. The van der Waals surface area contributed by atoms with Crippen LogP contribution in [0, 0.1) is 0 Å². The predicted molar refractivity (Wildman–Crippen MR) is 117 cm³/mol. The third-order valence-corrected chi connectivity index (χ3v) is 4.06. The Morgan fingerprint density at radius 2 is 1.50 bits per heavy atom. The van der Waals surface area contributed by atoms with Crippen molar-refractivity contribution < 1.29 is 33.4 Å². The lowest BCUT2D eigenvalue weighted by Crippen LogP contribution is -2.22. The van der Waals surface area contributed by atoms with Crippen LogP contribution in [0.2, 0.25) is 0 Å². The average molecular weight is 442 g/mol. The molecule has 9 nitrogen and oxygen atoms in total. The van der Waals surface area contributed by atoms with Crippen molar-refractivity contribution >= 4 is 35.1 Å². The van der Waals surface area contributed by atoms with Crippen LogP contribution in [-0.2, 0) is 23.9 Å². The molecule has 0 saturated carbocycles. The molecule has 2 aromatic rings. The van der Waals surface area contributed by atoms with Crippen molar-refractivity contribution in [2.75, 3.05) is 30.5 Å². The van der Waals surface area contributed by atoms with E-state index in [0.29, 0.717) is 29.3 Å². The molecule has 0 atom stereocenters. The highest BCUT2D eigenvalue weighted by Crippen LogP contribution is 2.23. The monoisotopic (exact) mass is 442 g/mol. The van der Waals surface area contributed by atoms with Crippen molar-refractivity contribution in [1.29, 1.82) is 0 Å². The fraction of sp³-hybridized carbons (Fsp3) is 0.304. The van der Waals surface area contributed by atoms with E-state index in [1.54, 1.807) is 43.3 Å². The Hall–Kier alpha value is -3.88. The Kier molecular flexibility index (Phi) is 9.70. The van der Waals surface area contributed by atoms with Crippen molar-refractivity contribution in [3.05, 3.63) is 54.1 Å². The summed E-state index contributed by atoms with van der Waals surface area (Å²) in [4.78, 5) is 47.5. The molecule has 0 unspecified atom stereocenters. The van der Waals surface area contributed by atoms with Gasteiger partial charge in [0, 0.05) is 12.1 Å². The van der Waals surface area contributed by atoms with Gasteiger partial charge in [0.1, 0.15) is 5.75 Å². The number of hydrogen-bond donors (Lipinski definition) is 2. The maximum atomic E-state index is 12.0. The van der Waals surface area contributed by atoms with E-state index in [0.717, 1.165) is 0 Å². The van der Waals surface area contributed by atoms with E-state index in [-0.39, 0.29) is 19.4 Å². The highest BCUT2D eigenvalue weighted by atomic mass is 16.5. The van der Waals surface area contributed by atoms with E-state index in [2.05, 4.69) is 10.6 Å². The van der Waals surface area contributed by atoms with E-state index in [9.17, 15) is 19.2 Å². The zero-order valence-corrected chi connectivity index (χ0v) is 18.0. The molecule has 2 amide bonds. The molecule has 170 valence electrons. The normalized spacial score (nSPS) is 10.1. The first kappa shape index (κ1) is 24.4. The number of ether oxygens (including phenoxy) is 3. The van der Waals surface area contributed by atoms with Gasteiger partial charge in [0.15, 0.2) is 6.61 Å². The molecular weight excluding hydrogens is 416 g/mol. The summed E-state index contributed by atoms with van der Waals surface area (Å²) >= 11 is 0. The minimum atomic E-state index is -0.675. The number of para-hydroxylation sites is 2. The second-order valence-corrected chi connectivity index (χ2v) is 6.48. The van der Waals surface area contributed by atoms with Crippen LogP contribution in [-0.4, -0.2) is 43.6 Å². The van der Waals surface area contributed by atoms with E-state index < -0.39 is 30.4 Å². The van der Waals surface area contributed by atoms with Crippen LogP contribution in [0.15, 0.2) is 48.5 Å². The van der Waals surface area contributed by atoms with Crippen molar-refractivity contribution in [3.63, 3.8) is 0 Å². The van der Waals surface area contributed by atoms with E-state index >= 15 is 0 Å². The largest absolute Gasteiger partial charge is 0.492 e. The SMILES string of the molecule is CCOC(=O)c1ccc(NC(=O)CCC(=O)OCC(=O)Nc2ccccc2OCC)cc1. The molecule has 0 aliphatic heterocycles. The van der Waals surface area contributed by atoms with Gasteiger partial charge in [-0.3, -0.25) is 14.4 Å². The van der Waals surface area contributed by atoms with Gasteiger partial charge in [0.2, 0.25) is 5.91 Å². The molecule has 0 aliphatic carbocycles. The number of anilines is 2. The molecule has 0 fully saturated rings. The van der Waals surface area contributed by atoms with Crippen molar-refractivity contribution in [2.24, 2.45) is 0 Å². The summed E-state index contributed by atoms with van der Waals surface area (Å²) in [5.74, 6) is -1.52. The molecule has 0 radical (unpaired) electrons. The van der Waals surface area contributed by atoms with Crippen molar-refractivity contribution in [3.8, 4) is 5.75 Å². The van der Waals surface area contributed by atoms with Gasteiger partial charge in [-0.25, -0.2) is 4.79 Å². The van der Waals surface area contributed by atoms with Crippen LogP contribution in [0.3, 0.4) is 0 Å². The number of esters is 2. The number of rotatable bonds is 11. The van der Waals surface area contributed by atoms with Gasteiger partial charge in [-0.2, -0.15) is 0 Å². The quantitative estimate of drug-likeness (QED) is 0.513. The molecule has 9 heteroatoms. The minimum Gasteiger partial charge on any atom is -0.492 e. The lowest BCUT2D eigenvalue weighted by molar-refractivity contribution is -0.147. The van der Waals surface area contributed by atoms with Crippen LogP contribution < -0.4 is 15.4 Å². The molecule has 2 N–H and O–H groups in total. The fourth-order valence-corrected chi connectivity index (χ4v) is 2.60. The molecule has 0 aliphatic rings. The van der Waals surface area contributed by atoms with Gasteiger partial charge in [-0.05, 0) is 50.2 Å². The molecule has 0 bridgehead atoms. The molecule has 32 heavy (non-hydrogen) atoms. The van der Waals surface area contributed by atoms with Crippen LogP contribution >= 0.6 is 0 Å². The van der Waals surface area contributed by atoms with E-state index in [1.165, 1.54) is 12.1 Å².